The highest BCUT2D eigenvalue weighted by Gasteiger charge is 2.30. The second-order valence-electron chi connectivity index (χ2n) is 10.5. The van der Waals surface area contributed by atoms with Gasteiger partial charge < -0.3 is 4.57 Å². The molecule has 0 radical (unpaired) electrons. The van der Waals surface area contributed by atoms with E-state index in [1.807, 2.05) is 103 Å². The smallest absolute Gasteiger partial charge is 0.171 e. The third-order valence-electron chi connectivity index (χ3n) is 8.14. The molecule has 0 unspecified atom stereocenters. The summed E-state index contributed by atoms with van der Waals surface area (Å²) in [4.78, 5) is 10.1. The second kappa shape index (κ2) is 9.76. The molecule has 3 nitrogen and oxygen atoms in total. The van der Waals surface area contributed by atoms with Gasteiger partial charge in [0.05, 0.1) is 16.7 Å². The highest BCUT2D eigenvalue weighted by atomic mass is 31.2. The van der Waals surface area contributed by atoms with Crippen molar-refractivity contribution < 1.29 is 4.57 Å². The van der Waals surface area contributed by atoms with E-state index >= 15 is 4.57 Å². The molecule has 0 saturated heterocycles. The molecule has 2 heterocycles. The van der Waals surface area contributed by atoms with Crippen molar-refractivity contribution in [2.45, 2.75) is 0 Å². The van der Waals surface area contributed by atoms with E-state index in [-0.39, 0.29) is 0 Å². The Labute approximate surface area is 243 Å². The number of hydrogen-bond acceptors (Lipinski definition) is 3. The van der Waals surface area contributed by atoms with Gasteiger partial charge in [-0.3, -0.25) is 4.98 Å². The number of pyridine rings is 2. The number of fused-ring (bicyclic) bond motifs is 7. The zero-order valence-corrected chi connectivity index (χ0v) is 23.6. The predicted octanol–water partition coefficient (Wildman–Crippen LogP) is 8.40. The molecule has 8 aromatic rings. The van der Waals surface area contributed by atoms with Gasteiger partial charge in [-0.2, -0.15) is 0 Å². The van der Waals surface area contributed by atoms with Gasteiger partial charge in [0.15, 0.2) is 7.14 Å². The number of rotatable bonds is 4. The highest BCUT2D eigenvalue weighted by molar-refractivity contribution is 7.85. The number of benzene rings is 6. The van der Waals surface area contributed by atoms with Gasteiger partial charge in [0, 0.05) is 54.6 Å². The summed E-state index contributed by atoms with van der Waals surface area (Å²) in [6.07, 6.45) is 1.86. The van der Waals surface area contributed by atoms with Crippen molar-refractivity contribution >= 4 is 66.4 Å². The van der Waals surface area contributed by atoms with E-state index in [4.69, 9.17) is 9.97 Å². The summed E-state index contributed by atoms with van der Waals surface area (Å²) in [5.74, 6) is 0. The van der Waals surface area contributed by atoms with Crippen LogP contribution in [0.15, 0.2) is 152 Å². The van der Waals surface area contributed by atoms with Crippen LogP contribution in [-0.2, 0) is 4.57 Å². The lowest BCUT2D eigenvalue weighted by Gasteiger charge is -2.21. The van der Waals surface area contributed by atoms with Crippen molar-refractivity contribution in [3.8, 4) is 11.3 Å². The molecular formula is C38H25N2OP. The lowest BCUT2D eigenvalue weighted by atomic mass is 9.94. The number of aromatic nitrogens is 2. The van der Waals surface area contributed by atoms with Crippen LogP contribution in [0.5, 0.6) is 0 Å². The summed E-state index contributed by atoms with van der Waals surface area (Å²) in [5, 5.41) is 8.91. The Morgan fingerprint density at radius 2 is 1.12 bits per heavy atom. The Hall–Kier alpha value is -5.11. The van der Waals surface area contributed by atoms with Crippen molar-refractivity contribution in [3.63, 3.8) is 0 Å². The molecule has 8 rings (SSSR count). The average molecular weight is 557 g/mol. The predicted molar refractivity (Wildman–Crippen MR) is 177 cm³/mol. The highest BCUT2D eigenvalue weighted by Crippen LogP contribution is 2.44. The van der Waals surface area contributed by atoms with E-state index in [1.165, 1.54) is 0 Å². The van der Waals surface area contributed by atoms with Gasteiger partial charge in [0.1, 0.15) is 0 Å². The molecule has 0 atom stereocenters. The summed E-state index contributed by atoms with van der Waals surface area (Å²) in [7, 11) is -3.17. The van der Waals surface area contributed by atoms with Crippen molar-refractivity contribution in [1.29, 1.82) is 0 Å². The van der Waals surface area contributed by atoms with Crippen LogP contribution in [0.3, 0.4) is 0 Å². The fourth-order valence-corrected chi connectivity index (χ4v) is 8.84. The first-order valence-electron chi connectivity index (χ1n) is 14.0. The van der Waals surface area contributed by atoms with E-state index < -0.39 is 7.14 Å². The standard InChI is InChI=1S/C38H25N2OP/c41-42(29-14-6-2-7-15-29,30-16-8-3-9-17-30)31-21-23-32-34(25-31)40-37(27-11-4-1-5-12-27)33-22-20-26-18-19-28-13-10-24-39-38(28)35(26)36(32)33/h1-25H. The number of nitrogens with zero attached hydrogens (tertiary/aromatic N) is 2. The molecule has 0 saturated carbocycles. The Bertz CT molecular complexity index is 2270. The molecule has 0 amide bonds. The topological polar surface area (TPSA) is 42.9 Å². The molecule has 42 heavy (non-hydrogen) atoms. The minimum Gasteiger partial charge on any atom is -0.309 e. The van der Waals surface area contributed by atoms with Gasteiger partial charge in [-0.15, -0.1) is 0 Å². The Morgan fingerprint density at radius 1 is 0.500 bits per heavy atom. The van der Waals surface area contributed by atoms with Crippen LogP contribution in [-0.4, -0.2) is 9.97 Å². The van der Waals surface area contributed by atoms with E-state index in [9.17, 15) is 0 Å². The maximum atomic E-state index is 15.2. The summed E-state index contributed by atoms with van der Waals surface area (Å²) < 4.78 is 15.2. The molecular weight excluding hydrogens is 531 g/mol. The van der Waals surface area contributed by atoms with Crippen molar-refractivity contribution in [3.05, 3.63) is 152 Å². The van der Waals surface area contributed by atoms with Crippen LogP contribution in [0.25, 0.3) is 54.6 Å². The summed E-state index contributed by atoms with van der Waals surface area (Å²) in [5.41, 5.74) is 3.72. The first kappa shape index (κ1) is 24.7. The molecule has 0 fully saturated rings. The van der Waals surface area contributed by atoms with Gasteiger partial charge >= 0.3 is 0 Å². The first-order chi connectivity index (χ1) is 20.7. The SMILES string of the molecule is O=P(c1ccccc1)(c1ccccc1)c1ccc2c(c1)nc(-c1ccccc1)c1ccc3ccc4cccnc4c3c12. The third kappa shape index (κ3) is 3.79. The molecule has 0 aliphatic carbocycles. The Kier molecular flexibility index (Phi) is 5.73. The lowest BCUT2D eigenvalue weighted by molar-refractivity contribution is 0.592. The molecule has 198 valence electrons. The summed E-state index contributed by atoms with van der Waals surface area (Å²) in [6.45, 7) is 0. The molecule has 6 aromatic carbocycles. The largest absolute Gasteiger partial charge is 0.309 e. The van der Waals surface area contributed by atoms with Gasteiger partial charge in [-0.05, 0) is 17.5 Å². The maximum Gasteiger partial charge on any atom is 0.171 e. The van der Waals surface area contributed by atoms with Crippen LogP contribution in [0.1, 0.15) is 0 Å². The van der Waals surface area contributed by atoms with E-state index in [2.05, 4.69) is 48.5 Å². The van der Waals surface area contributed by atoms with Gasteiger partial charge in [0.2, 0.25) is 0 Å². The van der Waals surface area contributed by atoms with Crippen LogP contribution in [0, 0.1) is 0 Å². The molecule has 2 aromatic heterocycles. The molecule has 4 heteroatoms. The molecule has 0 bridgehead atoms. The Balaban J connectivity index is 1.52. The molecule has 0 spiro atoms. The fraction of sp³-hybridized carbons (Fsp3) is 0. The van der Waals surface area contributed by atoms with Crippen LogP contribution in [0.4, 0.5) is 0 Å². The quantitative estimate of drug-likeness (QED) is 0.162. The molecule has 0 aliphatic heterocycles. The fourth-order valence-electron chi connectivity index (χ4n) is 6.17. The minimum atomic E-state index is -3.17. The van der Waals surface area contributed by atoms with E-state index in [0.717, 1.165) is 70.5 Å². The normalized spacial score (nSPS) is 11.9. The Morgan fingerprint density at radius 3 is 1.83 bits per heavy atom. The minimum absolute atomic E-state index is 0.765. The van der Waals surface area contributed by atoms with Gasteiger partial charge in [-0.1, -0.05) is 133 Å². The van der Waals surface area contributed by atoms with Crippen molar-refractivity contribution in [2.75, 3.05) is 0 Å². The summed E-state index contributed by atoms with van der Waals surface area (Å²) in [6, 6.07) is 48.8. The summed E-state index contributed by atoms with van der Waals surface area (Å²) >= 11 is 0. The van der Waals surface area contributed by atoms with Crippen molar-refractivity contribution in [1.82, 2.24) is 9.97 Å². The molecule has 0 aliphatic rings. The zero-order valence-electron chi connectivity index (χ0n) is 22.7. The van der Waals surface area contributed by atoms with Gasteiger partial charge in [0.25, 0.3) is 0 Å². The average Bonchev–Trinajstić information content (AvgIpc) is 3.08. The lowest BCUT2D eigenvalue weighted by Crippen LogP contribution is -2.25. The monoisotopic (exact) mass is 556 g/mol. The maximum absolute atomic E-state index is 15.2. The van der Waals surface area contributed by atoms with E-state index in [1.54, 1.807) is 0 Å². The first-order valence-corrected chi connectivity index (χ1v) is 15.7. The van der Waals surface area contributed by atoms with Crippen LogP contribution >= 0.6 is 7.14 Å². The third-order valence-corrected chi connectivity index (χ3v) is 11.2. The second-order valence-corrected chi connectivity index (χ2v) is 13.3. The zero-order chi connectivity index (χ0) is 28.1. The van der Waals surface area contributed by atoms with Crippen LogP contribution in [0.2, 0.25) is 0 Å². The van der Waals surface area contributed by atoms with Crippen LogP contribution < -0.4 is 15.9 Å². The van der Waals surface area contributed by atoms with Gasteiger partial charge in [-0.25, -0.2) is 4.98 Å². The van der Waals surface area contributed by atoms with E-state index in [0.29, 0.717) is 0 Å². The molecule has 0 N–H and O–H groups in total. The number of hydrogen-bond donors (Lipinski definition) is 0. The van der Waals surface area contributed by atoms with Crippen molar-refractivity contribution in [2.24, 2.45) is 0 Å².